The van der Waals surface area contributed by atoms with Gasteiger partial charge in [-0.05, 0) is 44.5 Å². The summed E-state index contributed by atoms with van der Waals surface area (Å²) >= 11 is 0. The molecule has 0 bridgehead atoms. The normalized spacial score (nSPS) is 10.8. The van der Waals surface area contributed by atoms with E-state index in [4.69, 9.17) is 14.2 Å². The van der Waals surface area contributed by atoms with Crippen LogP contribution in [-0.4, -0.2) is 22.8 Å². The molecule has 2 N–H and O–H groups in total. The summed E-state index contributed by atoms with van der Waals surface area (Å²) < 4.78 is 30.3. The number of pyridine rings is 1. The molecule has 0 saturated heterocycles. The van der Waals surface area contributed by atoms with E-state index >= 15 is 0 Å². The first-order valence-corrected chi connectivity index (χ1v) is 10.1. The summed E-state index contributed by atoms with van der Waals surface area (Å²) in [4.78, 5) is 27.9. The Morgan fingerprint density at radius 2 is 1.67 bits per heavy atom. The van der Waals surface area contributed by atoms with Crippen LogP contribution in [0.3, 0.4) is 0 Å². The molecule has 3 aromatic rings. The van der Waals surface area contributed by atoms with Gasteiger partial charge in [0.1, 0.15) is 29.5 Å². The molecule has 8 nitrogen and oxygen atoms in total. The maximum absolute atomic E-state index is 14.4. The summed E-state index contributed by atoms with van der Waals surface area (Å²) in [7, 11) is 0. The first-order valence-electron chi connectivity index (χ1n) is 10.1. The molecule has 2 aromatic carbocycles. The van der Waals surface area contributed by atoms with Crippen molar-refractivity contribution in [2.75, 3.05) is 10.6 Å². The lowest BCUT2D eigenvalue weighted by Crippen LogP contribution is -2.27. The summed E-state index contributed by atoms with van der Waals surface area (Å²) in [5.74, 6) is 0.00977. The van der Waals surface area contributed by atoms with Gasteiger partial charge in [-0.3, -0.25) is 10.6 Å². The lowest BCUT2D eigenvalue weighted by molar-refractivity contribution is 0.0635. The minimum atomic E-state index is -0.779. The van der Waals surface area contributed by atoms with Crippen molar-refractivity contribution in [3.05, 3.63) is 78.2 Å². The average molecular weight is 453 g/mol. The number of amides is 2. The second-order valence-electron chi connectivity index (χ2n) is 7.93. The average Bonchev–Trinajstić information content (AvgIpc) is 2.74. The van der Waals surface area contributed by atoms with Crippen molar-refractivity contribution < 1.29 is 28.2 Å². The van der Waals surface area contributed by atoms with Gasteiger partial charge >= 0.3 is 12.2 Å². The van der Waals surface area contributed by atoms with Gasteiger partial charge in [0.2, 0.25) is 0 Å². The smallest absolute Gasteiger partial charge is 0.413 e. The van der Waals surface area contributed by atoms with E-state index in [-0.39, 0.29) is 23.9 Å². The molecule has 0 spiro atoms. The fraction of sp³-hybridized carbons (Fsp3) is 0.208. The van der Waals surface area contributed by atoms with Gasteiger partial charge in [-0.25, -0.2) is 19.0 Å². The van der Waals surface area contributed by atoms with Crippen LogP contribution in [0.15, 0.2) is 66.9 Å². The van der Waals surface area contributed by atoms with Crippen molar-refractivity contribution >= 4 is 23.7 Å². The first-order chi connectivity index (χ1) is 15.7. The Bertz CT molecular complexity index is 1120. The first kappa shape index (κ1) is 23.5. The van der Waals surface area contributed by atoms with Crippen molar-refractivity contribution in [2.45, 2.75) is 33.0 Å². The second-order valence-corrected chi connectivity index (χ2v) is 7.93. The van der Waals surface area contributed by atoms with Crippen LogP contribution < -0.4 is 15.4 Å². The maximum atomic E-state index is 14.4. The third-order valence-corrected chi connectivity index (χ3v) is 3.99. The van der Waals surface area contributed by atoms with Gasteiger partial charge in [-0.1, -0.05) is 30.3 Å². The molecule has 0 aliphatic carbocycles. The van der Waals surface area contributed by atoms with Crippen molar-refractivity contribution in [1.82, 2.24) is 4.98 Å². The van der Waals surface area contributed by atoms with Gasteiger partial charge in [-0.2, -0.15) is 0 Å². The van der Waals surface area contributed by atoms with Gasteiger partial charge in [0.25, 0.3) is 0 Å². The number of hydrogen-bond acceptors (Lipinski definition) is 6. The number of benzene rings is 2. The number of ether oxygens (including phenoxy) is 3. The van der Waals surface area contributed by atoms with E-state index in [1.165, 1.54) is 24.4 Å². The van der Waals surface area contributed by atoms with E-state index in [1.807, 2.05) is 30.3 Å². The SMILES string of the molecule is CC(C)(C)OC(=O)Nc1cc(Oc2ccc(NC(=O)OCc3ccccc3)c(F)c2)ccn1. The van der Waals surface area contributed by atoms with Crippen LogP contribution in [0.5, 0.6) is 11.5 Å². The van der Waals surface area contributed by atoms with Crippen LogP contribution in [-0.2, 0) is 16.1 Å². The molecule has 0 aliphatic heterocycles. The molecule has 2 amide bonds. The van der Waals surface area contributed by atoms with Crippen LogP contribution >= 0.6 is 0 Å². The molecule has 1 heterocycles. The molecule has 33 heavy (non-hydrogen) atoms. The molecular weight excluding hydrogens is 429 g/mol. The van der Waals surface area contributed by atoms with Crippen LogP contribution in [0.2, 0.25) is 0 Å². The number of hydrogen-bond donors (Lipinski definition) is 2. The topological polar surface area (TPSA) is 98.8 Å². The van der Waals surface area contributed by atoms with Gasteiger partial charge in [0.05, 0.1) is 5.69 Å². The number of carbonyl (C=O) groups is 2. The molecule has 0 fully saturated rings. The minimum absolute atomic E-state index is 0.0533. The quantitative estimate of drug-likeness (QED) is 0.467. The lowest BCUT2D eigenvalue weighted by Gasteiger charge is -2.19. The van der Waals surface area contributed by atoms with Crippen LogP contribution in [0.1, 0.15) is 26.3 Å². The predicted octanol–water partition coefficient (Wildman–Crippen LogP) is 6.11. The molecule has 9 heteroatoms. The van der Waals surface area contributed by atoms with E-state index < -0.39 is 23.6 Å². The monoisotopic (exact) mass is 453 g/mol. The summed E-state index contributed by atoms with van der Waals surface area (Å²) in [6.07, 6.45) is -0.0111. The van der Waals surface area contributed by atoms with E-state index in [0.717, 1.165) is 11.6 Å². The Labute approximate surface area is 190 Å². The van der Waals surface area contributed by atoms with Crippen LogP contribution in [0.25, 0.3) is 0 Å². The zero-order valence-electron chi connectivity index (χ0n) is 18.4. The molecule has 0 radical (unpaired) electrons. The maximum Gasteiger partial charge on any atom is 0.413 e. The Balaban J connectivity index is 1.57. The predicted molar refractivity (Wildman–Crippen MR) is 121 cm³/mol. The second kappa shape index (κ2) is 10.4. The van der Waals surface area contributed by atoms with Crippen molar-refractivity contribution in [1.29, 1.82) is 0 Å². The van der Waals surface area contributed by atoms with Crippen molar-refractivity contribution in [2.24, 2.45) is 0 Å². The van der Waals surface area contributed by atoms with Crippen LogP contribution in [0, 0.1) is 5.82 Å². The largest absolute Gasteiger partial charge is 0.457 e. The Morgan fingerprint density at radius 1 is 0.939 bits per heavy atom. The Morgan fingerprint density at radius 3 is 2.36 bits per heavy atom. The van der Waals surface area contributed by atoms with E-state index in [1.54, 1.807) is 26.8 Å². The highest BCUT2D eigenvalue weighted by molar-refractivity contribution is 5.85. The zero-order valence-corrected chi connectivity index (χ0v) is 18.4. The lowest BCUT2D eigenvalue weighted by atomic mass is 10.2. The number of anilines is 2. The standard InChI is InChI=1S/C24H24FN3O5/c1-24(2,3)33-23(30)28-21-14-18(11-12-26-21)32-17-9-10-20(19(25)13-17)27-22(29)31-15-16-7-5-4-6-8-16/h4-14H,15H2,1-3H3,(H,27,29)(H,26,28,30). The number of carbonyl (C=O) groups excluding carboxylic acids is 2. The van der Waals surface area contributed by atoms with Crippen molar-refractivity contribution in [3.63, 3.8) is 0 Å². The molecular formula is C24H24FN3O5. The van der Waals surface area contributed by atoms with Crippen molar-refractivity contribution in [3.8, 4) is 11.5 Å². The molecule has 0 unspecified atom stereocenters. The van der Waals surface area contributed by atoms with E-state index in [0.29, 0.717) is 5.75 Å². The summed E-state index contributed by atoms with van der Waals surface area (Å²) in [5, 5.41) is 4.86. The molecule has 0 saturated carbocycles. The van der Waals surface area contributed by atoms with E-state index in [9.17, 15) is 14.0 Å². The molecule has 0 atom stereocenters. The highest BCUT2D eigenvalue weighted by Crippen LogP contribution is 2.27. The Kier molecular flexibility index (Phi) is 7.45. The molecule has 1 aromatic heterocycles. The molecule has 3 rings (SSSR count). The third kappa shape index (κ3) is 7.80. The fourth-order valence-electron chi connectivity index (χ4n) is 2.62. The third-order valence-electron chi connectivity index (χ3n) is 3.99. The van der Waals surface area contributed by atoms with E-state index in [2.05, 4.69) is 15.6 Å². The highest BCUT2D eigenvalue weighted by atomic mass is 19.1. The highest BCUT2D eigenvalue weighted by Gasteiger charge is 2.17. The van der Waals surface area contributed by atoms with Gasteiger partial charge in [-0.15, -0.1) is 0 Å². The number of aromatic nitrogens is 1. The fourth-order valence-corrected chi connectivity index (χ4v) is 2.62. The van der Waals surface area contributed by atoms with Crippen LogP contribution in [0.4, 0.5) is 25.5 Å². The summed E-state index contributed by atoms with van der Waals surface area (Å²) in [6.45, 7) is 5.30. The molecule has 0 aliphatic rings. The molecule has 172 valence electrons. The van der Waals surface area contributed by atoms with Gasteiger partial charge in [0, 0.05) is 18.3 Å². The zero-order chi connectivity index (χ0) is 23.8. The number of halogens is 1. The Hall–Kier alpha value is -4.14. The van der Waals surface area contributed by atoms with Gasteiger partial charge < -0.3 is 14.2 Å². The summed E-state index contributed by atoms with van der Waals surface area (Å²) in [5.41, 5.74) is 0.108. The van der Waals surface area contributed by atoms with Gasteiger partial charge in [0.15, 0.2) is 5.82 Å². The minimum Gasteiger partial charge on any atom is -0.457 e. The number of nitrogens with one attached hydrogen (secondary N) is 2. The number of nitrogens with zero attached hydrogens (tertiary/aromatic N) is 1. The number of rotatable bonds is 6. The summed E-state index contributed by atoms with van der Waals surface area (Å²) in [6, 6.07) is 16.1.